The van der Waals surface area contributed by atoms with E-state index >= 15 is 0 Å². The Labute approximate surface area is 160 Å². The maximum absolute atomic E-state index is 8.77. The molecule has 0 aliphatic carbocycles. The average molecular weight is 348 g/mol. The van der Waals surface area contributed by atoms with Gasteiger partial charge in [0, 0.05) is 18.5 Å². The quantitative estimate of drug-likeness (QED) is 0.485. The van der Waals surface area contributed by atoms with Crippen molar-refractivity contribution in [1.82, 2.24) is 0 Å². The van der Waals surface area contributed by atoms with Crippen LogP contribution < -0.4 is 4.57 Å². The molecule has 0 radical (unpaired) electrons. The third-order valence-electron chi connectivity index (χ3n) is 5.67. The van der Waals surface area contributed by atoms with Gasteiger partial charge in [-0.25, -0.2) is 0 Å². The van der Waals surface area contributed by atoms with Crippen molar-refractivity contribution in [2.24, 2.45) is 18.9 Å². The zero-order chi connectivity index (χ0) is 19.9. The third kappa shape index (κ3) is 3.28. The van der Waals surface area contributed by atoms with Crippen LogP contribution in [-0.2, 0) is 7.05 Å². The van der Waals surface area contributed by atoms with Gasteiger partial charge in [0.05, 0.1) is 6.76 Å². The van der Waals surface area contributed by atoms with E-state index in [4.69, 9.17) is 1.37 Å². The largest absolute Gasteiger partial charge is 0.220 e. The minimum Gasteiger partial charge on any atom is -0.198 e. The second kappa shape index (κ2) is 7.23. The zero-order valence-corrected chi connectivity index (χ0v) is 17.2. The second-order valence-electron chi connectivity index (χ2n) is 8.25. The van der Waals surface area contributed by atoms with E-state index in [0.29, 0.717) is 23.8 Å². The molecule has 0 aliphatic rings. The summed E-state index contributed by atoms with van der Waals surface area (Å²) in [7, 11) is 2.08. The van der Waals surface area contributed by atoms with Crippen molar-refractivity contribution in [3.05, 3.63) is 65.3 Å². The Balaban J connectivity index is 2.35. The highest BCUT2D eigenvalue weighted by atomic mass is 14.9. The molecule has 0 unspecified atom stereocenters. The van der Waals surface area contributed by atoms with Gasteiger partial charge in [-0.3, -0.25) is 0 Å². The van der Waals surface area contributed by atoms with Crippen molar-refractivity contribution in [2.75, 3.05) is 0 Å². The van der Waals surface area contributed by atoms with Gasteiger partial charge in [0.15, 0.2) is 5.69 Å². The minimum absolute atomic E-state index is 0.505. The maximum Gasteiger partial charge on any atom is 0.220 e. The molecule has 0 fully saturated rings. The Morgan fingerprint density at radius 1 is 0.923 bits per heavy atom. The minimum atomic E-state index is 0.505. The smallest absolute Gasteiger partial charge is 0.198 e. The molecule has 2 aromatic carbocycles. The van der Waals surface area contributed by atoms with Gasteiger partial charge < -0.3 is 0 Å². The van der Waals surface area contributed by atoms with Crippen LogP contribution in [0.15, 0.2) is 48.5 Å². The van der Waals surface area contributed by atoms with Crippen LogP contribution in [0.25, 0.3) is 22.0 Å². The predicted molar refractivity (Wildman–Crippen MR) is 112 cm³/mol. The van der Waals surface area contributed by atoms with E-state index in [1.165, 1.54) is 22.4 Å². The highest BCUT2D eigenvalue weighted by Gasteiger charge is 2.23. The van der Waals surface area contributed by atoms with Crippen molar-refractivity contribution in [3.8, 4) is 11.3 Å². The molecule has 0 saturated carbocycles. The number of aryl methyl sites for hydroxylation is 1. The molecule has 1 nitrogen and oxygen atoms in total. The van der Waals surface area contributed by atoms with Gasteiger partial charge in [0.25, 0.3) is 0 Å². The van der Waals surface area contributed by atoms with Crippen molar-refractivity contribution in [2.45, 2.75) is 47.5 Å². The van der Waals surface area contributed by atoms with Gasteiger partial charge >= 0.3 is 0 Å². The van der Waals surface area contributed by atoms with Gasteiger partial charge in [0.1, 0.15) is 7.05 Å². The number of benzene rings is 2. The lowest BCUT2D eigenvalue weighted by Gasteiger charge is -2.25. The van der Waals surface area contributed by atoms with E-state index in [1.54, 1.807) is 0 Å². The molecule has 3 aromatic rings. The second-order valence-corrected chi connectivity index (χ2v) is 8.25. The molecule has 1 heteroatoms. The molecule has 0 amide bonds. The van der Waals surface area contributed by atoms with E-state index < -0.39 is 0 Å². The van der Waals surface area contributed by atoms with E-state index in [9.17, 15) is 0 Å². The Kier molecular flexibility index (Phi) is 4.80. The average Bonchev–Trinajstić information content (AvgIpc) is 2.61. The number of rotatable bonds is 4. The zero-order valence-electron chi connectivity index (χ0n) is 18.2. The molecule has 1 heterocycles. The van der Waals surface area contributed by atoms with E-state index in [-0.39, 0.29) is 0 Å². The Bertz CT molecular complexity index is 977. The lowest BCUT2D eigenvalue weighted by Crippen LogP contribution is -2.35. The number of hydrogen-bond acceptors (Lipinski definition) is 0. The first-order valence-electron chi connectivity index (χ1n) is 10.2. The van der Waals surface area contributed by atoms with Gasteiger partial charge in [-0.05, 0) is 53.3 Å². The molecule has 136 valence electrons. The van der Waals surface area contributed by atoms with Gasteiger partial charge in [-0.15, -0.1) is 0 Å². The van der Waals surface area contributed by atoms with Gasteiger partial charge in [-0.2, -0.15) is 4.57 Å². The summed E-state index contributed by atoms with van der Waals surface area (Å²) in [6, 6.07) is 16.0. The fraction of sp³-hybridized carbons (Fsp3) is 0.400. The van der Waals surface area contributed by atoms with E-state index in [0.717, 1.165) is 16.5 Å². The summed E-state index contributed by atoms with van der Waals surface area (Å²) >= 11 is 0. The van der Waals surface area contributed by atoms with Crippen molar-refractivity contribution in [3.63, 3.8) is 0 Å². The van der Waals surface area contributed by atoms with E-state index in [2.05, 4.69) is 95.6 Å². The van der Waals surface area contributed by atoms with Crippen LogP contribution >= 0.6 is 0 Å². The third-order valence-corrected chi connectivity index (χ3v) is 5.67. The standard InChI is InChI=1S/C25H32N/c1-16(2)24(17(3)4)20-12-13-23-21(15-20)14-19(6)26(7)25(23)22-11-9-8-10-18(22)5/h8-17,24H,1-7H3/q+1/i14D. The topological polar surface area (TPSA) is 3.88 Å². The van der Waals surface area contributed by atoms with Crippen LogP contribution in [0.4, 0.5) is 0 Å². The summed E-state index contributed by atoms with van der Waals surface area (Å²) in [5.41, 5.74) is 6.06. The normalized spacial score (nSPS) is 12.5. The van der Waals surface area contributed by atoms with Crippen molar-refractivity contribution >= 4 is 10.8 Å². The van der Waals surface area contributed by atoms with Crippen LogP contribution in [0.3, 0.4) is 0 Å². The fourth-order valence-corrected chi connectivity index (χ4v) is 4.41. The summed E-state index contributed by atoms with van der Waals surface area (Å²) in [6.45, 7) is 13.4. The van der Waals surface area contributed by atoms with Gasteiger partial charge in [0.2, 0.25) is 5.69 Å². The first kappa shape index (κ1) is 17.3. The lowest BCUT2D eigenvalue weighted by molar-refractivity contribution is -0.665. The number of aromatic nitrogens is 1. The SMILES string of the molecule is [2H]c1c(C)[n+](C)c(-c2ccccc2C)c2ccc(C(C(C)C)C(C)C)cc12. The highest BCUT2D eigenvalue weighted by Crippen LogP contribution is 2.35. The number of fused-ring (bicyclic) bond motifs is 1. The van der Waals surface area contributed by atoms with Crippen molar-refractivity contribution in [1.29, 1.82) is 0 Å². The Morgan fingerprint density at radius 2 is 1.58 bits per heavy atom. The van der Waals surface area contributed by atoms with Crippen LogP contribution in [0.5, 0.6) is 0 Å². The molecule has 0 atom stereocenters. The summed E-state index contributed by atoms with van der Waals surface area (Å²) in [6.07, 6.45) is 0. The van der Waals surface area contributed by atoms with Crippen LogP contribution in [0.1, 0.15) is 51.8 Å². The first-order chi connectivity index (χ1) is 12.7. The number of hydrogen-bond donors (Lipinski definition) is 0. The molecule has 0 spiro atoms. The molecular formula is C25H32N+. The molecule has 0 aliphatic heterocycles. The molecule has 3 rings (SSSR count). The molecule has 0 bridgehead atoms. The van der Waals surface area contributed by atoms with E-state index in [1.807, 2.05) is 0 Å². The van der Waals surface area contributed by atoms with Crippen LogP contribution in [0.2, 0.25) is 0 Å². The number of pyridine rings is 1. The summed E-state index contributed by atoms with van der Waals surface area (Å²) in [4.78, 5) is 0. The predicted octanol–water partition coefficient (Wildman–Crippen LogP) is 6.34. The molecular weight excluding hydrogens is 314 g/mol. The first-order valence-corrected chi connectivity index (χ1v) is 9.72. The van der Waals surface area contributed by atoms with Crippen molar-refractivity contribution < 1.29 is 5.94 Å². The Hall–Kier alpha value is -2.15. The summed E-state index contributed by atoms with van der Waals surface area (Å²) < 4.78 is 10.9. The van der Waals surface area contributed by atoms with Crippen LogP contribution in [-0.4, -0.2) is 0 Å². The molecule has 26 heavy (non-hydrogen) atoms. The number of nitrogens with zero attached hydrogens (tertiary/aromatic N) is 1. The highest BCUT2D eigenvalue weighted by molar-refractivity contribution is 5.94. The molecule has 0 saturated heterocycles. The molecule has 1 aromatic heterocycles. The lowest BCUT2D eigenvalue weighted by atomic mass is 9.79. The Morgan fingerprint density at radius 3 is 2.19 bits per heavy atom. The fourth-order valence-electron chi connectivity index (χ4n) is 4.41. The van der Waals surface area contributed by atoms with Crippen LogP contribution in [0, 0.1) is 25.7 Å². The monoisotopic (exact) mass is 347 g/mol. The summed E-state index contributed by atoms with van der Waals surface area (Å²) in [5, 5.41) is 2.23. The molecule has 0 N–H and O–H groups in total. The maximum atomic E-state index is 8.77. The van der Waals surface area contributed by atoms with Gasteiger partial charge in [-0.1, -0.05) is 58.0 Å². The summed E-state index contributed by atoms with van der Waals surface area (Å²) in [5.74, 6) is 1.66.